The molecule has 0 heterocycles. The zero-order valence-corrected chi connectivity index (χ0v) is 5.64. The van der Waals surface area contributed by atoms with E-state index in [1.54, 1.807) is 6.26 Å². The Balaban J connectivity index is 3.67. The van der Waals surface area contributed by atoms with Gasteiger partial charge in [-0.25, -0.2) is 4.79 Å². The van der Waals surface area contributed by atoms with Crippen molar-refractivity contribution in [1.29, 1.82) is 0 Å². The Morgan fingerprint density at radius 3 is 2.56 bits per heavy atom. The summed E-state index contributed by atoms with van der Waals surface area (Å²) in [6, 6.07) is 0. The fourth-order valence-corrected chi connectivity index (χ4v) is 0.695. The average molecular weight is 149 g/mol. The maximum absolute atomic E-state index is 10.1. The number of nitrogens with one attached hydrogen (secondary N) is 1. The van der Waals surface area contributed by atoms with Crippen LogP contribution in [0.5, 0.6) is 0 Å². The van der Waals surface area contributed by atoms with Crippen LogP contribution in [0, 0.1) is 0 Å². The predicted octanol–water partition coefficient (Wildman–Crippen LogP) is -0.494. The molecule has 52 valence electrons. The zero-order chi connectivity index (χ0) is 7.28. The first kappa shape index (κ1) is 8.29. The number of carboxylic acids is 1. The van der Waals surface area contributed by atoms with E-state index < -0.39 is 11.3 Å². The Morgan fingerprint density at radius 2 is 2.44 bits per heavy atom. The fourth-order valence-electron chi connectivity index (χ4n) is 0.302. The Morgan fingerprint density at radius 1 is 1.89 bits per heavy atom. The SMILES string of the molecule is CSC(NC=O)C(=O)O. The molecular weight excluding hydrogens is 142 g/mol. The maximum Gasteiger partial charge on any atom is 0.336 e. The summed E-state index contributed by atoms with van der Waals surface area (Å²) >= 11 is 1.06. The molecule has 1 amide bonds. The van der Waals surface area contributed by atoms with Gasteiger partial charge in [0.2, 0.25) is 6.41 Å². The second-order valence-corrected chi connectivity index (χ2v) is 2.18. The molecule has 0 saturated heterocycles. The summed E-state index contributed by atoms with van der Waals surface area (Å²) < 4.78 is 0. The van der Waals surface area contributed by atoms with Crippen LogP contribution in [0.1, 0.15) is 0 Å². The van der Waals surface area contributed by atoms with E-state index in [1.807, 2.05) is 0 Å². The van der Waals surface area contributed by atoms with Gasteiger partial charge in [-0.15, -0.1) is 11.8 Å². The predicted molar refractivity (Wildman–Crippen MR) is 34.1 cm³/mol. The number of hydrogen-bond donors (Lipinski definition) is 2. The molecule has 0 radical (unpaired) electrons. The van der Waals surface area contributed by atoms with Gasteiger partial charge in [0.1, 0.15) is 0 Å². The van der Waals surface area contributed by atoms with Crippen molar-refractivity contribution in [2.45, 2.75) is 5.37 Å². The van der Waals surface area contributed by atoms with Crippen LogP contribution >= 0.6 is 11.8 Å². The van der Waals surface area contributed by atoms with E-state index in [2.05, 4.69) is 5.32 Å². The number of thioether (sulfide) groups is 1. The van der Waals surface area contributed by atoms with Crippen molar-refractivity contribution in [3.05, 3.63) is 0 Å². The lowest BCUT2D eigenvalue weighted by atomic mass is 10.6. The van der Waals surface area contributed by atoms with Crippen molar-refractivity contribution >= 4 is 24.1 Å². The highest BCUT2D eigenvalue weighted by Gasteiger charge is 2.12. The molecule has 0 spiro atoms. The van der Waals surface area contributed by atoms with E-state index in [9.17, 15) is 9.59 Å². The summed E-state index contributed by atoms with van der Waals surface area (Å²) in [6.07, 6.45) is 1.98. The van der Waals surface area contributed by atoms with E-state index >= 15 is 0 Å². The number of rotatable bonds is 4. The molecule has 9 heavy (non-hydrogen) atoms. The van der Waals surface area contributed by atoms with E-state index in [0.29, 0.717) is 6.41 Å². The lowest BCUT2D eigenvalue weighted by Crippen LogP contribution is -2.32. The third-order valence-electron chi connectivity index (χ3n) is 0.679. The molecule has 0 rings (SSSR count). The highest BCUT2D eigenvalue weighted by molar-refractivity contribution is 7.99. The number of carbonyl (C=O) groups excluding carboxylic acids is 1. The normalized spacial score (nSPS) is 12.1. The summed E-state index contributed by atoms with van der Waals surface area (Å²) in [4.78, 5) is 19.8. The van der Waals surface area contributed by atoms with Crippen molar-refractivity contribution in [3.8, 4) is 0 Å². The standard InChI is InChI=1S/C4H7NO3S/c1-9-3(4(7)8)5-2-6/h2-3H,1H3,(H,5,6)(H,7,8). The van der Waals surface area contributed by atoms with Gasteiger partial charge in [0.25, 0.3) is 0 Å². The number of carboxylic acid groups (broad SMARTS) is 1. The highest BCUT2D eigenvalue weighted by atomic mass is 32.2. The molecule has 0 aliphatic rings. The summed E-state index contributed by atoms with van der Waals surface area (Å²) in [5.74, 6) is -1.03. The van der Waals surface area contributed by atoms with Crippen LogP contribution in [0.4, 0.5) is 0 Å². The maximum atomic E-state index is 10.1. The van der Waals surface area contributed by atoms with Crippen LogP contribution in [0.15, 0.2) is 0 Å². The number of carbonyl (C=O) groups is 2. The molecule has 0 aromatic rings. The van der Waals surface area contributed by atoms with E-state index in [0.717, 1.165) is 11.8 Å². The van der Waals surface area contributed by atoms with E-state index in [-0.39, 0.29) is 0 Å². The lowest BCUT2D eigenvalue weighted by Gasteiger charge is -2.04. The minimum absolute atomic E-state index is 0.370. The van der Waals surface area contributed by atoms with Crippen LogP contribution in [0.3, 0.4) is 0 Å². The molecule has 1 unspecified atom stereocenters. The fraction of sp³-hybridized carbons (Fsp3) is 0.500. The van der Waals surface area contributed by atoms with Crippen molar-refractivity contribution in [1.82, 2.24) is 5.32 Å². The molecule has 0 aliphatic carbocycles. The largest absolute Gasteiger partial charge is 0.479 e. The highest BCUT2D eigenvalue weighted by Crippen LogP contribution is 2.00. The summed E-state index contributed by atoms with van der Waals surface area (Å²) in [6.45, 7) is 0. The summed E-state index contributed by atoms with van der Waals surface area (Å²) in [7, 11) is 0. The molecule has 0 saturated carbocycles. The minimum Gasteiger partial charge on any atom is -0.479 e. The molecular formula is C4H7NO3S. The Hall–Kier alpha value is -0.710. The van der Waals surface area contributed by atoms with Crippen LogP contribution in [-0.2, 0) is 9.59 Å². The van der Waals surface area contributed by atoms with Gasteiger partial charge in [-0.1, -0.05) is 0 Å². The number of amides is 1. The first-order valence-corrected chi connectivity index (χ1v) is 3.46. The van der Waals surface area contributed by atoms with Gasteiger partial charge in [0.15, 0.2) is 5.37 Å². The van der Waals surface area contributed by atoms with Gasteiger partial charge in [-0.2, -0.15) is 0 Å². The van der Waals surface area contributed by atoms with Gasteiger partial charge in [0, 0.05) is 0 Å². The zero-order valence-electron chi connectivity index (χ0n) is 4.83. The van der Waals surface area contributed by atoms with Crippen molar-refractivity contribution in [3.63, 3.8) is 0 Å². The minimum atomic E-state index is -1.03. The third-order valence-corrected chi connectivity index (χ3v) is 1.49. The van der Waals surface area contributed by atoms with Crippen molar-refractivity contribution in [2.75, 3.05) is 6.26 Å². The van der Waals surface area contributed by atoms with E-state index in [4.69, 9.17) is 5.11 Å². The Bertz CT molecular complexity index is 116. The average Bonchev–Trinajstić information content (AvgIpc) is 1.82. The van der Waals surface area contributed by atoms with E-state index in [1.165, 1.54) is 0 Å². The summed E-state index contributed by atoms with van der Waals surface area (Å²) in [5, 5.41) is 9.56. The molecule has 4 nitrogen and oxygen atoms in total. The Kier molecular flexibility index (Phi) is 3.87. The quantitative estimate of drug-likeness (QED) is 0.418. The molecule has 0 bridgehead atoms. The van der Waals surface area contributed by atoms with Crippen LogP contribution in [-0.4, -0.2) is 29.1 Å². The van der Waals surface area contributed by atoms with Crippen molar-refractivity contribution in [2.24, 2.45) is 0 Å². The van der Waals surface area contributed by atoms with Gasteiger partial charge in [0.05, 0.1) is 0 Å². The smallest absolute Gasteiger partial charge is 0.336 e. The molecule has 5 heteroatoms. The second-order valence-electron chi connectivity index (χ2n) is 1.24. The first-order valence-electron chi connectivity index (χ1n) is 2.17. The lowest BCUT2D eigenvalue weighted by molar-refractivity contribution is -0.137. The summed E-state index contributed by atoms with van der Waals surface area (Å²) in [5.41, 5.74) is 0. The number of hydrogen-bond acceptors (Lipinski definition) is 3. The topological polar surface area (TPSA) is 66.4 Å². The molecule has 0 aliphatic heterocycles. The second kappa shape index (κ2) is 4.20. The van der Waals surface area contributed by atoms with Crippen LogP contribution < -0.4 is 5.32 Å². The van der Waals surface area contributed by atoms with Gasteiger partial charge < -0.3 is 10.4 Å². The first-order chi connectivity index (χ1) is 4.22. The molecule has 0 aromatic carbocycles. The molecule has 2 N–H and O–H groups in total. The Labute approximate surface area is 56.6 Å². The third kappa shape index (κ3) is 2.97. The van der Waals surface area contributed by atoms with Crippen LogP contribution in [0.25, 0.3) is 0 Å². The van der Waals surface area contributed by atoms with Crippen LogP contribution in [0.2, 0.25) is 0 Å². The number of aliphatic carboxylic acids is 1. The van der Waals surface area contributed by atoms with Crippen molar-refractivity contribution < 1.29 is 14.7 Å². The molecule has 0 fully saturated rings. The van der Waals surface area contributed by atoms with Gasteiger partial charge in [-0.05, 0) is 6.26 Å². The van der Waals surface area contributed by atoms with Gasteiger partial charge >= 0.3 is 5.97 Å². The molecule has 1 atom stereocenters. The van der Waals surface area contributed by atoms with Gasteiger partial charge in [-0.3, -0.25) is 4.79 Å². The monoisotopic (exact) mass is 149 g/mol. The molecule has 0 aromatic heterocycles.